The molecule has 27 heavy (non-hydrogen) atoms. The second kappa shape index (κ2) is 6.55. The van der Waals surface area contributed by atoms with Crippen LogP contribution in [0.2, 0.25) is 0 Å². The molecule has 0 radical (unpaired) electrons. The fourth-order valence-corrected chi connectivity index (χ4v) is 4.66. The molecule has 0 spiro atoms. The quantitative estimate of drug-likeness (QED) is 0.759. The molecule has 136 valence electrons. The van der Waals surface area contributed by atoms with E-state index in [1.807, 2.05) is 30.3 Å². The van der Waals surface area contributed by atoms with Crippen molar-refractivity contribution < 1.29 is 13.2 Å². The molecule has 0 bridgehead atoms. The van der Waals surface area contributed by atoms with E-state index in [-0.39, 0.29) is 10.8 Å². The van der Waals surface area contributed by atoms with Crippen molar-refractivity contribution in [3.8, 4) is 11.1 Å². The molecule has 5 nitrogen and oxygen atoms in total. The Morgan fingerprint density at radius 2 is 1.63 bits per heavy atom. The molecule has 0 saturated heterocycles. The maximum absolute atomic E-state index is 12.7. The van der Waals surface area contributed by atoms with Crippen LogP contribution in [-0.4, -0.2) is 21.4 Å². The van der Waals surface area contributed by atoms with Crippen LogP contribution in [0.1, 0.15) is 15.9 Å². The van der Waals surface area contributed by atoms with E-state index >= 15 is 0 Å². The maximum atomic E-state index is 12.7. The van der Waals surface area contributed by atoms with Crippen LogP contribution in [0.15, 0.2) is 77.7 Å². The smallest absolute Gasteiger partial charge is 0.264 e. The van der Waals surface area contributed by atoms with Gasteiger partial charge in [-0.25, -0.2) is 8.42 Å². The first kappa shape index (κ1) is 17.3. The Balaban J connectivity index is 1.69. The van der Waals surface area contributed by atoms with Crippen molar-refractivity contribution in [3.05, 3.63) is 83.9 Å². The zero-order valence-electron chi connectivity index (χ0n) is 14.7. The Bertz CT molecular complexity index is 1130. The molecule has 0 aromatic heterocycles. The van der Waals surface area contributed by atoms with Crippen LogP contribution in [0.5, 0.6) is 0 Å². The molecule has 1 heterocycles. The molecule has 0 fully saturated rings. The standard InChI is InChI=1S/C21H18N2O3S/c1-23-19-12-11-16(21(24)22-14-15-7-3-2-4-8-15)13-18(19)17-9-5-6-10-20(17)27(23,25)26/h2-13H,14H2,1H3,(H,22,24). The SMILES string of the molecule is CN1c2ccc(C(=O)NCc3ccccc3)cc2-c2ccccc2S1(=O)=O. The second-order valence-electron chi connectivity index (χ2n) is 6.37. The number of carbonyl (C=O) groups is 1. The molecule has 1 aliphatic rings. The lowest BCUT2D eigenvalue weighted by Gasteiger charge is -2.29. The monoisotopic (exact) mass is 378 g/mol. The first-order valence-electron chi connectivity index (χ1n) is 8.53. The summed E-state index contributed by atoms with van der Waals surface area (Å²) in [6, 6.07) is 21.6. The van der Waals surface area contributed by atoms with Crippen LogP contribution in [0.3, 0.4) is 0 Å². The number of amides is 1. The average Bonchev–Trinajstić information content (AvgIpc) is 2.71. The predicted molar refractivity (Wildman–Crippen MR) is 105 cm³/mol. The molecule has 1 N–H and O–H groups in total. The van der Waals surface area contributed by atoms with Gasteiger partial charge >= 0.3 is 0 Å². The number of fused-ring (bicyclic) bond motifs is 3. The van der Waals surface area contributed by atoms with Gasteiger partial charge < -0.3 is 5.32 Å². The fraction of sp³-hybridized carbons (Fsp3) is 0.0952. The van der Waals surface area contributed by atoms with Crippen LogP contribution in [0.4, 0.5) is 5.69 Å². The van der Waals surface area contributed by atoms with E-state index in [9.17, 15) is 13.2 Å². The van der Waals surface area contributed by atoms with E-state index in [1.165, 1.54) is 11.4 Å². The lowest BCUT2D eigenvalue weighted by atomic mass is 10.00. The van der Waals surface area contributed by atoms with Crippen molar-refractivity contribution in [1.29, 1.82) is 0 Å². The number of benzene rings is 3. The number of carbonyl (C=O) groups excluding carboxylic acids is 1. The molecule has 0 unspecified atom stereocenters. The summed E-state index contributed by atoms with van der Waals surface area (Å²) >= 11 is 0. The highest BCUT2D eigenvalue weighted by atomic mass is 32.2. The third-order valence-electron chi connectivity index (χ3n) is 4.71. The first-order chi connectivity index (χ1) is 13.0. The van der Waals surface area contributed by atoms with Crippen LogP contribution in [-0.2, 0) is 16.6 Å². The molecule has 1 amide bonds. The molecule has 6 heteroatoms. The Morgan fingerprint density at radius 3 is 2.41 bits per heavy atom. The highest BCUT2D eigenvalue weighted by molar-refractivity contribution is 7.93. The number of nitrogens with one attached hydrogen (secondary N) is 1. The van der Waals surface area contributed by atoms with Crippen molar-refractivity contribution in [2.45, 2.75) is 11.4 Å². The largest absolute Gasteiger partial charge is 0.348 e. The highest BCUT2D eigenvalue weighted by Crippen LogP contribution is 2.42. The molecule has 0 aliphatic carbocycles. The van der Waals surface area contributed by atoms with E-state index in [2.05, 4.69) is 5.32 Å². The summed E-state index contributed by atoms with van der Waals surface area (Å²) in [5.41, 5.74) is 3.42. The van der Waals surface area contributed by atoms with Crippen molar-refractivity contribution in [1.82, 2.24) is 5.32 Å². The summed E-state index contributed by atoms with van der Waals surface area (Å²) < 4.78 is 26.6. The van der Waals surface area contributed by atoms with Gasteiger partial charge in [-0.05, 0) is 29.8 Å². The van der Waals surface area contributed by atoms with E-state index in [1.54, 1.807) is 42.5 Å². The topological polar surface area (TPSA) is 66.5 Å². The number of rotatable bonds is 3. The minimum absolute atomic E-state index is 0.199. The molecular formula is C21H18N2O3S. The summed E-state index contributed by atoms with van der Waals surface area (Å²) in [4.78, 5) is 12.8. The first-order valence-corrected chi connectivity index (χ1v) is 9.97. The van der Waals surface area contributed by atoms with Gasteiger partial charge in [0.05, 0.1) is 10.6 Å². The van der Waals surface area contributed by atoms with Gasteiger partial charge in [0.15, 0.2) is 0 Å². The van der Waals surface area contributed by atoms with Gasteiger partial charge in [-0.3, -0.25) is 9.10 Å². The molecule has 1 aliphatic heterocycles. The second-order valence-corrected chi connectivity index (χ2v) is 8.31. The predicted octanol–water partition coefficient (Wildman–Crippen LogP) is 3.42. The van der Waals surface area contributed by atoms with E-state index in [0.717, 1.165) is 11.1 Å². The normalized spacial score (nSPS) is 14.2. The van der Waals surface area contributed by atoms with Gasteiger partial charge in [0.1, 0.15) is 0 Å². The summed E-state index contributed by atoms with van der Waals surface area (Å²) in [5, 5.41) is 2.90. The minimum Gasteiger partial charge on any atom is -0.348 e. The zero-order chi connectivity index (χ0) is 19.0. The van der Waals surface area contributed by atoms with Crippen LogP contribution in [0.25, 0.3) is 11.1 Å². The molecule has 4 rings (SSSR count). The van der Waals surface area contributed by atoms with Crippen molar-refractivity contribution in [3.63, 3.8) is 0 Å². The van der Waals surface area contributed by atoms with Crippen molar-refractivity contribution in [2.24, 2.45) is 0 Å². The summed E-state index contributed by atoms with van der Waals surface area (Å²) in [6.45, 7) is 0.432. The third kappa shape index (κ3) is 2.98. The van der Waals surface area contributed by atoms with E-state index in [4.69, 9.17) is 0 Å². The lowest BCUT2D eigenvalue weighted by molar-refractivity contribution is 0.0951. The Labute approximate surface area is 158 Å². The molecule has 0 saturated carbocycles. The number of nitrogens with zero attached hydrogens (tertiary/aromatic N) is 1. The van der Waals surface area contributed by atoms with Gasteiger partial charge in [0.25, 0.3) is 15.9 Å². The van der Waals surface area contributed by atoms with Crippen LogP contribution < -0.4 is 9.62 Å². The van der Waals surface area contributed by atoms with Gasteiger partial charge in [0.2, 0.25) is 0 Å². The summed E-state index contributed by atoms with van der Waals surface area (Å²) in [6.07, 6.45) is 0. The fourth-order valence-electron chi connectivity index (χ4n) is 3.24. The van der Waals surface area contributed by atoms with Crippen molar-refractivity contribution in [2.75, 3.05) is 11.4 Å². The highest BCUT2D eigenvalue weighted by Gasteiger charge is 2.32. The van der Waals surface area contributed by atoms with Gasteiger partial charge in [-0.15, -0.1) is 0 Å². The molecule has 3 aromatic rings. The average molecular weight is 378 g/mol. The Morgan fingerprint density at radius 1 is 0.926 bits per heavy atom. The number of anilines is 1. The lowest BCUT2D eigenvalue weighted by Crippen LogP contribution is -2.31. The van der Waals surface area contributed by atoms with E-state index < -0.39 is 10.0 Å². The van der Waals surface area contributed by atoms with E-state index in [0.29, 0.717) is 23.4 Å². The Kier molecular flexibility index (Phi) is 4.20. The number of hydrogen-bond donors (Lipinski definition) is 1. The minimum atomic E-state index is -3.58. The Hall–Kier alpha value is -3.12. The molecule has 3 aromatic carbocycles. The van der Waals surface area contributed by atoms with Crippen LogP contribution in [0, 0.1) is 0 Å². The van der Waals surface area contributed by atoms with Gasteiger partial charge in [-0.2, -0.15) is 0 Å². The maximum Gasteiger partial charge on any atom is 0.264 e. The summed E-state index contributed by atoms with van der Waals surface area (Å²) in [5.74, 6) is -0.199. The van der Waals surface area contributed by atoms with Gasteiger partial charge in [0, 0.05) is 30.3 Å². The summed E-state index contributed by atoms with van der Waals surface area (Å²) in [7, 11) is -2.05. The third-order valence-corrected chi connectivity index (χ3v) is 6.54. The molecule has 0 atom stereocenters. The number of hydrogen-bond acceptors (Lipinski definition) is 3. The van der Waals surface area contributed by atoms with Crippen molar-refractivity contribution >= 4 is 21.6 Å². The zero-order valence-corrected chi connectivity index (χ0v) is 15.5. The molecular weight excluding hydrogens is 360 g/mol. The van der Waals surface area contributed by atoms with Crippen LogP contribution >= 0.6 is 0 Å². The number of sulfonamides is 1. The van der Waals surface area contributed by atoms with Gasteiger partial charge in [-0.1, -0.05) is 48.5 Å².